The van der Waals surface area contributed by atoms with E-state index >= 15 is 0 Å². The van der Waals surface area contributed by atoms with Gasteiger partial charge in [-0.2, -0.15) is 22.0 Å². The Labute approximate surface area is 215 Å². The van der Waals surface area contributed by atoms with E-state index in [1.807, 2.05) is 12.1 Å². The maximum atomic E-state index is 14.2. The minimum absolute atomic E-state index is 0.0290. The predicted molar refractivity (Wildman–Crippen MR) is 131 cm³/mol. The summed E-state index contributed by atoms with van der Waals surface area (Å²) in [5.74, 6) is -5.80. The first-order valence-electron chi connectivity index (χ1n) is 12.0. The van der Waals surface area contributed by atoms with E-state index in [-0.39, 0.29) is 24.8 Å². The van der Waals surface area contributed by atoms with Gasteiger partial charge in [0, 0.05) is 48.5 Å². The van der Waals surface area contributed by atoms with E-state index in [4.69, 9.17) is 4.74 Å². The van der Waals surface area contributed by atoms with E-state index in [0.29, 0.717) is 37.0 Å². The van der Waals surface area contributed by atoms with E-state index in [9.17, 15) is 26.7 Å². The van der Waals surface area contributed by atoms with Gasteiger partial charge in [0.1, 0.15) is 18.2 Å². The minimum atomic E-state index is -5.80. The number of halogens is 5. The standard InChI is InChI=1S/C26H26F5N5O2/c27-25(28,26(29,30)31)21-6-5-19(14-22(21)38-16-20-4-2-9-33-20)36-23(37)13-18-3-1-10-34-24(18)35-15-17-7-11-32-12-8-17/h1,3,5-8,10-12,14,20,33H,2,4,9,13,15-16H2,(H,34,35)(H,36,37)/t20-/m0/s1. The van der Waals surface area contributed by atoms with Crippen LogP contribution in [0.4, 0.5) is 33.5 Å². The van der Waals surface area contributed by atoms with Crippen molar-refractivity contribution in [3.05, 3.63) is 77.7 Å². The molecule has 0 bridgehead atoms. The van der Waals surface area contributed by atoms with Crippen molar-refractivity contribution in [3.8, 4) is 5.75 Å². The SMILES string of the molecule is O=C(Cc1cccnc1NCc1ccncc1)Nc1ccc(C(F)(F)C(F)(F)F)c(OC[C@@H]2CCCN2)c1. The molecule has 0 radical (unpaired) electrons. The second-order valence-electron chi connectivity index (χ2n) is 8.83. The smallest absolute Gasteiger partial charge is 0.458 e. The minimum Gasteiger partial charge on any atom is -0.491 e. The number of rotatable bonds is 10. The summed E-state index contributed by atoms with van der Waals surface area (Å²) in [4.78, 5) is 21.0. The summed E-state index contributed by atoms with van der Waals surface area (Å²) in [6, 6.07) is 9.49. The third-order valence-corrected chi connectivity index (χ3v) is 6.01. The number of benzene rings is 1. The summed E-state index contributed by atoms with van der Waals surface area (Å²) >= 11 is 0. The van der Waals surface area contributed by atoms with Crippen LogP contribution in [-0.2, 0) is 23.7 Å². The molecule has 1 aromatic carbocycles. The molecule has 0 unspecified atom stereocenters. The molecule has 12 heteroatoms. The summed E-state index contributed by atoms with van der Waals surface area (Å²) in [5.41, 5.74) is 0.248. The van der Waals surface area contributed by atoms with Gasteiger partial charge in [0.05, 0.1) is 12.0 Å². The zero-order valence-corrected chi connectivity index (χ0v) is 20.2. The van der Waals surface area contributed by atoms with Crippen molar-refractivity contribution in [2.24, 2.45) is 0 Å². The quantitative estimate of drug-likeness (QED) is 0.315. The molecular weight excluding hydrogens is 509 g/mol. The Hall–Kier alpha value is -3.80. The molecule has 4 rings (SSSR count). The Morgan fingerprint density at radius 3 is 2.58 bits per heavy atom. The first kappa shape index (κ1) is 27.2. The number of ether oxygens (including phenoxy) is 1. The van der Waals surface area contributed by atoms with E-state index in [2.05, 4.69) is 25.9 Å². The number of aromatic nitrogens is 2. The normalized spacial score (nSPS) is 15.8. The van der Waals surface area contributed by atoms with Crippen molar-refractivity contribution in [2.75, 3.05) is 23.8 Å². The molecule has 1 amide bonds. The molecule has 0 spiro atoms. The zero-order valence-electron chi connectivity index (χ0n) is 20.2. The molecule has 0 aliphatic carbocycles. The number of alkyl halides is 5. The largest absolute Gasteiger partial charge is 0.491 e. The fraction of sp³-hybridized carbons (Fsp3) is 0.346. The fourth-order valence-electron chi connectivity index (χ4n) is 4.03. The molecule has 1 fully saturated rings. The van der Waals surface area contributed by atoms with Gasteiger partial charge in [-0.05, 0) is 55.3 Å². The third kappa shape index (κ3) is 6.74. The van der Waals surface area contributed by atoms with Crippen LogP contribution in [0.5, 0.6) is 5.75 Å². The Morgan fingerprint density at radius 2 is 1.87 bits per heavy atom. The summed E-state index contributed by atoms with van der Waals surface area (Å²) in [6.45, 7) is 1.07. The molecule has 1 saturated heterocycles. The van der Waals surface area contributed by atoms with Gasteiger partial charge in [-0.3, -0.25) is 9.78 Å². The number of amides is 1. The highest BCUT2D eigenvalue weighted by atomic mass is 19.4. The lowest BCUT2D eigenvalue weighted by molar-refractivity contribution is -0.289. The molecular formula is C26H26F5N5O2. The van der Waals surface area contributed by atoms with Gasteiger partial charge in [-0.1, -0.05) is 6.07 Å². The van der Waals surface area contributed by atoms with Crippen molar-refractivity contribution in [1.82, 2.24) is 15.3 Å². The van der Waals surface area contributed by atoms with Crippen LogP contribution >= 0.6 is 0 Å². The number of carbonyl (C=O) groups is 1. The summed E-state index contributed by atoms with van der Waals surface area (Å²) in [7, 11) is 0. The number of anilines is 2. The lowest BCUT2D eigenvalue weighted by Crippen LogP contribution is -2.35. The second kappa shape index (κ2) is 11.7. The molecule has 3 aromatic rings. The Kier molecular flexibility index (Phi) is 8.40. The molecule has 202 valence electrons. The topological polar surface area (TPSA) is 88.2 Å². The second-order valence-corrected chi connectivity index (χ2v) is 8.83. The fourth-order valence-corrected chi connectivity index (χ4v) is 4.03. The number of nitrogens with one attached hydrogen (secondary N) is 3. The van der Waals surface area contributed by atoms with Gasteiger partial charge >= 0.3 is 12.1 Å². The summed E-state index contributed by atoms with van der Waals surface area (Å²) in [5, 5.41) is 8.80. The molecule has 0 saturated carbocycles. The van der Waals surface area contributed by atoms with E-state index in [0.717, 1.165) is 24.1 Å². The Morgan fingerprint density at radius 1 is 1.08 bits per heavy atom. The van der Waals surface area contributed by atoms with Gasteiger partial charge in [0.25, 0.3) is 0 Å². The van der Waals surface area contributed by atoms with Crippen molar-refractivity contribution >= 4 is 17.4 Å². The van der Waals surface area contributed by atoms with E-state index in [1.54, 1.807) is 30.7 Å². The molecule has 3 N–H and O–H groups in total. The number of nitrogens with zero attached hydrogens (tertiary/aromatic N) is 2. The van der Waals surface area contributed by atoms with Crippen LogP contribution in [0.3, 0.4) is 0 Å². The Balaban J connectivity index is 1.48. The lowest BCUT2D eigenvalue weighted by Gasteiger charge is -2.24. The third-order valence-electron chi connectivity index (χ3n) is 6.01. The average molecular weight is 536 g/mol. The maximum absolute atomic E-state index is 14.2. The molecule has 1 atom stereocenters. The molecule has 38 heavy (non-hydrogen) atoms. The first-order chi connectivity index (χ1) is 18.1. The van der Waals surface area contributed by atoms with Crippen LogP contribution in [0, 0.1) is 0 Å². The summed E-state index contributed by atoms with van der Waals surface area (Å²) in [6.07, 6.45) is 0.520. The lowest BCUT2D eigenvalue weighted by atomic mass is 10.1. The zero-order chi connectivity index (χ0) is 27.2. The highest BCUT2D eigenvalue weighted by Gasteiger charge is 2.60. The predicted octanol–water partition coefficient (Wildman–Crippen LogP) is 5.05. The van der Waals surface area contributed by atoms with Gasteiger partial charge in [0.2, 0.25) is 5.91 Å². The Bertz CT molecular complexity index is 1230. The van der Waals surface area contributed by atoms with Crippen LogP contribution in [0.25, 0.3) is 0 Å². The number of pyridine rings is 2. The first-order valence-corrected chi connectivity index (χ1v) is 12.0. The monoisotopic (exact) mass is 535 g/mol. The molecule has 2 aromatic heterocycles. The molecule has 1 aliphatic rings. The molecule has 7 nitrogen and oxygen atoms in total. The molecule has 1 aliphatic heterocycles. The maximum Gasteiger partial charge on any atom is 0.458 e. The van der Waals surface area contributed by atoms with Crippen LogP contribution in [0.15, 0.2) is 61.1 Å². The number of hydrogen-bond acceptors (Lipinski definition) is 6. The summed E-state index contributed by atoms with van der Waals surface area (Å²) < 4.78 is 73.2. The van der Waals surface area contributed by atoms with Gasteiger partial charge < -0.3 is 20.7 Å². The number of hydrogen-bond donors (Lipinski definition) is 3. The molecule has 3 heterocycles. The van der Waals surface area contributed by atoms with Crippen molar-refractivity contribution in [1.29, 1.82) is 0 Å². The van der Waals surface area contributed by atoms with Crippen LogP contribution in [0.2, 0.25) is 0 Å². The van der Waals surface area contributed by atoms with Gasteiger partial charge in [-0.25, -0.2) is 4.98 Å². The van der Waals surface area contributed by atoms with Crippen LogP contribution in [0.1, 0.15) is 29.5 Å². The van der Waals surface area contributed by atoms with Crippen molar-refractivity contribution < 1.29 is 31.5 Å². The van der Waals surface area contributed by atoms with E-state index < -0.39 is 29.3 Å². The number of carbonyl (C=O) groups excluding carboxylic acids is 1. The van der Waals surface area contributed by atoms with Crippen molar-refractivity contribution in [2.45, 2.75) is 43.9 Å². The average Bonchev–Trinajstić information content (AvgIpc) is 3.41. The van der Waals surface area contributed by atoms with Gasteiger partial charge in [-0.15, -0.1) is 0 Å². The highest BCUT2D eigenvalue weighted by molar-refractivity contribution is 5.93. The van der Waals surface area contributed by atoms with Crippen molar-refractivity contribution in [3.63, 3.8) is 0 Å². The van der Waals surface area contributed by atoms with Crippen LogP contribution < -0.4 is 20.7 Å². The van der Waals surface area contributed by atoms with Gasteiger partial charge in [0.15, 0.2) is 0 Å². The van der Waals surface area contributed by atoms with Crippen LogP contribution in [-0.4, -0.2) is 41.2 Å². The van der Waals surface area contributed by atoms with E-state index in [1.165, 1.54) is 0 Å². The highest BCUT2D eigenvalue weighted by Crippen LogP contribution is 2.47.